The Hall–Kier alpha value is -2.99. The number of fused-ring (bicyclic) bond motifs is 3. The van der Waals surface area contributed by atoms with Crippen LogP contribution in [-0.2, 0) is 4.74 Å². The molecule has 0 fully saturated rings. The Morgan fingerprint density at radius 3 is 2.67 bits per heavy atom. The fraction of sp³-hybridized carbons (Fsp3) is 0.0588. The fourth-order valence-corrected chi connectivity index (χ4v) is 2.87. The van der Waals surface area contributed by atoms with Crippen LogP contribution < -0.4 is 0 Å². The minimum Gasteiger partial charge on any atom is -0.465 e. The van der Waals surface area contributed by atoms with Crippen LogP contribution in [-0.4, -0.2) is 32.9 Å². The molecule has 0 aliphatic rings. The summed E-state index contributed by atoms with van der Waals surface area (Å²) in [6.07, 6.45) is 0. The van der Waals surface area contributed by atoms with Crippen molar-refractivity contribution in [2.24, 2.45) is 0 Å². The number of benzene rings is 2. The molecule has 4 aromatic rings. The predicted molar refractivity (Wildman–Crippen MR) is 90.1 cm³/mol. The number of hydrogen-bond donors (Lipinski definition) is 0. The third-order valence-corrected chi connectivity index (χ3v) is 4.04. The van der Waals surface area contributed by atoms with Crippen LogP contribution in [0, 0.1) is 0 Å². The molecule has 0 bridgehead atoms. The van der Waals surface area contributed by atoms with Crippen molar-refractivity contribution in [2.75, 3.05) is 7.11 Å². The normalized spacial score (nSPS) is 11.1. The van der Waals surface area contributed by atoms with Crippen molar-refractivity contribution < 1.29 is 9.53 Å². The van der Waals surface area contributed by atoms with Crippen molar-refractivity contribution in [1.29, 1.82) is 0 Å². The zero-order valence-corrected chi connectivity index (χ0v) is 13.4. The van der Waals surface area contributed by atoms with E-state index in [9.17, 15) is 4.79 Å². The first-order valence-electron chi connectivity index (χ1n) is 7.17. The van der Waals surface area contributed by atoms with E-state index in [1.54, 1.807) is 22.7 Å². The molecule has 24 heavy (non-hydrogen) atoms. The van der Waals surface area contributed by atoms with Gasteiger partial charge in [-0.05, 0) is 12.1 Å². The Balaban J connectivity index is 1.97. The molecule has 118 valence electrons. The van der Waals surface area contributed by atoms with E-state index < -0.39 is 5.97 Å². The first-order valence-corrected chi connectivity index (χ1v) is 7.55. The van der Waals surface area contributed by atoms with E-state index in [1.807, 2.05) is 30.3 Å². The summed E-state index contributed by atoms with van der Waals surface area (Å²) in [5.74, 6) is 0.0884. The molecular weight excluding hydrogens is 328 g/mol. The van der Waals surface area contributed by atoms with Crippen molar-refractivity contribution in [2.45, 2.75) is 0 Å². The van der Waals surface area contributed by atoms with Gasteiger partial charge in [0.05, 0.1) is 12.7 Å². The van der Waals surface area contributed by atoms with Gasteiger partial charge in [-0.15, -0.1) is 10.2 Å². The van der Waals surface area contributed by atoms with Gasteiger partial charge in [-0.25, -0.2) is 4.79 Å². The summed E-state index contributed by atoms with van der Waals surface area (Å²) in [5, 5.41) is 14.9. The summed E-state index contributed by atoms with van der Waals surface area (Å²) >= 11 is 6.29. The Bertz CT molecular complexity index is 1090. The predicted octanol–water partition coefficient (Wildman–Crippen LogP) is 3.38. The van der Waals surface area contributed by atoms with Gasteiger partial charge in [-0.2, -0.15) is 9.61 Å². The number of ether oxygens (including phenoxy) is 1. The van der Waals surface area contributed by atoms with Crippen molar-refractivity contribution >= 4 is 34.0 Å². The molecule has 0 amide bonds. The Morgan fingerprint density at radius 2 is 1.88 bits per heavy atom. The molecule has 0 saturated carbocycles. The summed E-state index contributed by atoms with van der Waals surface area (Å²) in [5.41, 5.74) is 1.73. The minimum atomic E-state index is -0.415. The van der Waals surface area contributed by atoms with Crippen LogP contribution in [0.4, 0.5) is 0 Å². The van der Waals surface area contributed by atoms with Gasteiger partial charge in [0.1, 0.15) is 0 Å². The van der Waals surface area contributed by atoms with E-state index in [1.165, 1.54) is 7.11 Å². The average Bonchev–Trinajstić information content (AvgIpc) is 3.05. The Morgan fingerprint density at radius 1 is 1.08 bits per heavy atom. The van der Waals surface area contributed by atoms with Crippen molar-refractivity contribution in [3.63, 3.8) is 0 Å². The summed E-state index contributed by atoms with van der Waals surface area (Å²) in [4.78, 5) is 11.7. The Kier molecular flexibility index (Phi) is 3.39. The first-order chi connectivity index (χ1) is 11.7. The molecule has 0 aliphatic heterocycles. The molecular formula is C17H11ClN4O2. The van der Waals surface area contributed by atoms with Gasteiger partial charge in [-0.3, -0.25) is 0 Å². The smallest absolute Gasteiger partial charge is 0.337 e. The highest BCUT2D eigenvalue weighted by Gasteiger charge is 2.15. The number of hydrogen-bond acceptors (Lipinski definition) is 5. The molecule has 7 heteroatoms. The molecule has 0 spiro atoms. The van der Waals surface area contributed by atoms with E-state index in [0.29, 0.717) is 27.8 Å². The maximum Gasteiger partial charge on any atom is 0.337 e. The number of carbonyl (C=O) groups excluding carboxylic acids is 1. The van der Waals surface area contributed by atoms with Crippen LogP contribution in [0.2, 0.25) is 5.15 Å². The van der Waals surface area contributed by atoms with E-state index >= 15 is 0 Å². The van der Waals surface area contributed by atoms with Crippen LogP contribution in [0.1, 0.15) is 10.4 Å². The molecule has 6 nitrogen and oxygen atoms in total. The molecule has 0 radical (unpaired) electrons. The molecule has 0 N–H and O–H groups in total. The maximum absolute atomic E-state index is 11.7. The lowest BCUT2D eigenvalue weighted by molar-refractivity contribution is 0.0601. The SMILES string of the molecule is COC(=O)c1cccc(-c2nnc3c4ccccc4c(Cl)nn23)c1. The molecule has 2 heterocycles. The highest BCUT2D eigenvalue weighted by atomic mass is 35.5. The van der Waals surface area contributed by atoms with Crippen LogP contribution in [0.25, 0.3) is 27.8 Å². The summed E-state index contributed by atoms with van der Waals surface area (Å²) in [6, 6.07) is 14.5. The fourth-order valence-electron chi connectivity index (χ4n) is 2.63. The highest BCUT2D eigenvalue weighted by Crippen LogP contribution is 2.27. The van der Waals surface area contributed by atoms with E-state index in [2.05, 4.69) is 15.3 Å². The summed E-state index contributed by atoms with van der Waals surface area (Å²) in [7, 11) is 1.34. The number of halogens is 1. The van der Waals surface area contributed by atoms with Gasteiger partial charge in [0.25, 0.3) is 0 Å². The quantitative estimate of drug-likeness (QED) is 0.524. The lowest BCUT2D eigenvalue weighted by atomic mass is 10.1. The summed E-state index contributed by atoms with van der Waals surface area (Å²) < 4.78 is 6.34. The highest BCUT2D eigenvalue weighted by molar-refractivity contribution is 6.34. The monoisotopic (exact) mass is 338 g/mol. The van der Waals surface area contributed by atoms with Crippen molar-refractivity contribution in [3.8, 4) is 11.4 Å². The number of esters is 1. The second-order valence-corrected chi connectivity index (χ2v) is 5.53. The van der Waals surface area contributed by atoms with Gasteiger partial charge in [0.2, 0.25) is 0 Å². The van der Waals surface area contributed by atoms with Crippen LogP contribution in [0.3, 0.4) is 0 Å². The first kappa shape index (κ1) is 14.6. The third kappa shape index (κ3) is 2.19. The number of carbonyl (C=O) groups is 1. The number of aromatic nitrogens is 4. The third-order valence-electron chi connectivity index (χ3n) is 3.76. The maximum atomic E-state index is 11.7. The molecule has 4 rings (SSSR count). The largest absolute Gasteiger partial charge is 0.465 e. The van der Waals surface area contributed by atoms with E-state index in [-0.39, 0.29) is 0 Å². The minimum absolute atomic E-state index is 0.364. The van der Waals surface area contributed by atoms with Gasteiger partial charge in [-0.1, -0.05) is 48.0 Å². The second-order valence-electron chi connectivity index (χ2n) is 5.17. The Labute approximate surface area is 141 Å². The molecule has 2 aromatic carbocycles. The molecule has 0 saturated heterocycles. The summed E-state index contributed by atoms with van der Waals surface area (Å²) in [6.45, 7) is 0. The second kappa shape index (κ2) is 5.58. The molecule has 0 unspecified atom stereocenters. The standard InChI is InChI=1S/C17H11ClN4O2/c1-24-17(23)11-6-4-5-10(9-11)15-19-20-16-13-8-3-2-7-12(13)14(18)21-22(15)16/h2-9H,1H3. The van der Waals surface area contributed by atoms with Crippen LogP contribution in [0.15, 0.2) is 48.5 Å². The van der Waals surface area contributed by atoms with Crippen molar-refractivity contribution in [1.82, 2.24) is 19.8 Å². The number of rotatable bonds is 2. The van der Waals surface area contributed by atoms with Gasteiger partial charge < -0.3 is 4.74 Å². The van der Waals surface area contributed by atoms with E-state index in [4.69, 9.17) is 16.3 Å². The molecule has 0 aliphatic carbocycles. The molecule has 0 atom stereocenters. The number of methoxy groups -OCH3 is 1. The molecule has 2 aromatic heterocycles. The zero-order valence-electron chi connectivity index (χ0n) is 12.6. The van der Waals surface area contributed by atoms with Gasteiger partial charge in [0, 0.05) is 16.3 Å². The van der Waals surface area contributed by atoms with Gasteiger partial charge >= 0.3 is 5.97 Å². The van der Waals surface area contributed by atoms with Crippen LogP contribution in [0.5, 0.6) is 0 Å². The van der Waals surface area contributed by atoms with Crippen molar-refractivity contribution in [3.05, 3.63) is 59.2 Å². The lowest BCUT2D eigenvalue weighted by Crippen LogP contribution is -2.02. The van der Waals surface area contributed by atoms with Crippen LogP contribution >= 0.6 is 11.6 Å². The van der Waals surface area contributed by atoms with Gasteiger partial charge in [0.15, 0.2) is 16.6 Å². The zero-order chi connectivity index (χ0) is 16.7. The lowest BCUT2D eigenvalue weighted by Gasteiger charge is -2.05. The topological polar surface area (TPSA) is 69.4 Å². The van der Waals surface area contributed by atoms with E-state index in [0.717, 1.165) is 10.8 Å². The number of nitrogens with zero attached hydrogens (tertiary/aromatic N) is 4. The average molecular weight is 339 g/mol.